The summed E-state index contributed by atoms with van der Waals surface area (Å²) in [6.45, 7) is 4.22. The molecule has 2 heterocycles. The molecule has 1 aromatic heterocycles. The maximum Gasteiger partial charge on any atom is 0.301 e. The SMILES string of the molecule is Cc1cccc(COc2ccc(C(O)=C3C(=O)C(=O)N(c4nnc(C)s4)C3c3ccc(I)cc3)cc2)c1. The Morgan fingerprint density at radius 1 is 1.03 bits per heavy atom. The fourth-order valence-corrected chi connectivity index (χ4v) is 5.28. The molecule has 0 saturated carbocycles. The molecule has 3 aromatic carbocycles. The molecule has 186 valence electrons. The lowest BCUT2D eigenvalue weighted by Gasteiger charge is -2.22. The van der Waals surface area contributed by atoms with Crippen molar-refractivity contribution in [3.63, 3.8) is 0 Å². The van der Waals surface area contributed by atoms with Crippen LogP contribution in [0.3, 0.4) is 0 Å². The van der Waals surface area contributed by atoms with Crippen LogP contribution in [0.25, 0.3) is 5.76 Å². The monoisotopic (exact) mass is 623 g/mol. The van der Waals surface area contributed by atoms with Gasteiger partial charge in [-0.3, -0.25) is 14.5 Å². The van der Waals surface area contributed by atoms with Crippen LogP contribution in [0.2, 0.25) is 0 Å². The Morgan fingerprint density at radius 3 is 2.41 bits per heavy atom. The maximum absolute atomic E-state index is 13.2. The van der Waals surface area contributed by atoms with Crippen LogP contribution in [0.5, 0.6) is 5.75 Å². The highest BCUT2D eigenvalue weighted by atomic mass is 127. The molecule has 37 heavy (non-hydrogen) atoms. The van der Waals surface area contributed by atoms with Gasteiger partial charge in [-0.25, -0.2) is 0 Å². The van der Waals surface area contributed by atoms with Crippen molar-refractivity contribution < 1.29 is 19.4 Å². The predicted octanol–water partition coefficient (Wildman–Crippen LogP) is 5.96. The molecule has 0 aliphatic carbocycles. The van der Waals surface area contributed by atoms with Crippen LogP contribution in [0, 0.1) is 17.4 Å². The number of Topliss-reactive ketones (excluding diaryl/α,β-unsaturated/α-hetero) is 1. The zero-order valence-corrected chi connectivity index (χ0v) is 23.0. The van der Waals surface area contributed by atoms with E-state index >= 15 is 0 Å². The number of halogens is 1. The average molecular weight is 623 g/mol. The number of carbonyl (C=O) groups excluding carboxylic acids is 2. The molecular weight excluding hydrogens is 601 g/mol. The van der Waals surface area contributed by atoms with E-state index < -0.39 is 17.7 Å². The van der Waals surface area contributed by atoms with Gasteiger partial charge in [0, 0.05) is 9.13 Å². The van der Waals surface area contributed by atoms with Gasteiger partial charge < -0.3 is 9.84 Å². The summed E-state index contributed by atoms with van der Waals surface area (Å²) in [6, 6.07) is 21.5. The van der Waals surface area contributed by atoms with Crippen molar-refractivity contribution in [1.29, 1.82) is 0 Å². The first kappa shape index (κ1) is 25.1. The van der Waals surface area contributed by atoms with Gasteiger partial charge in [0.2, 0.25) is 5.13 Å². The third kappa shape index (κ3) is 5.14. The van der Waals surface area contributed by atoms with E-state index in [1.54, 1.807) is 31.2 Å². The van der Waals surface area contributed by atoms with E-state index in [0.29, 0.717) is 33.6 Å². The number of hydrogen-bond donors (Lipinski definition) is 1. The number of carbonyl (C=O) groups is 2. The molecule has 5 rings (SSSR count). The van der Waals surface area contributed by atoms with Gasteiger partial charge in [0.05, 0.1) is 11.6 Å². The van der Waals surface area contributed by atoms with Gasteiger partial charge in [0.1, 0.15) is 23.1 Å². The lowest BCUT2D eigenvalue weighted by molar-refractivity contribution is -0.132. The highest BCUT2D eigenvalue weighted by molar-refractivity contribution is 14.1. The molecular formula is C28H22IN3O4S. The Labute approximate surface area is 231 Å². The van der Waals surface area contributed by atoms with Crippen molar-refractivity contribution in [3.05, 3.63) is 109 Å². The van der Waals surface area contributed by atoms with Gasteiger partial charge in [0.25, 0.3) is 5.78 Å². The number of rotatable bonds is 6. The molecule has 0 radical (unpaired) electrons. The standard InChI is InChI=1S/C28H22IN3O4S/c1-16-4-3-5-18(14-16)15-36-22-12-8-20(9-13-22)25(33)23-24(19-6-10-21(29)11-7-19)32(27(35)26(23)34)28-31-30-17(2)37-28/h3-14,24,33H,15H2,1-2H3. The van der Waals surface area contributed by atoms with Gasteiger partial charge in [-0.05, 0) is 84.0 Å². The molecule has 1 N–H and O–H groups in total. The lowest BCUT2D eigenvalue weighted by atomic mass is 9.95. The third-order valence-corrected chi connectivity index (χ3v) is 7.52. The van der Waals surface area contributed by atoms with E-state index in [-0.39, 0.29) is 11.3 Å². The van der Waals surface area contributed by atoms with E-state index in [1.807, 2.05) is 49.4 Å². The number of aromatic nitrogens is 2. The first-order chi connectivity index (χ1) is 17.8. The van der Waals surface area contributed by atoms with Crippen LogP contribution >= 0.6 is 33.9 Å². The predicted molar refractivity (Wildman–Crippen MR) is 151 cm³/mol. The minimum atomic E-state index is -0.832. The summed E-state index contributed by atoms with van der Waals surface area (Å²) < 4.78 is 6.89. The summed E-state index contributed by atoms with van der Waals surface area (Å²) in [5.41, 5.74) is 3.31. The van der Waals surface area contributed by atoms with E-state index in [0.717, 1.165) is 14.7 Å². The summed E-state index contributed by atoms with van der Waals surface area (Å²) in [7, 11) is 0. The van der Waals surface area contributed by atoms with Crippen LogP contribution in [-0.4, -0.2) is 27.0 Å². The number of aliphatic hydroxyl groups excluding tert-OH is 1. The van der Waals surface area contributed by atoms with Crippen LogP contribution in [0.15, 0.2) is 78.4 Å². The van der Waals surface area contributed by atoms with Gasteiger partial charge in [0.15, 0.2) is 0 Å². The number of anilines is 1. The number of hydrogen-bond acceptors (Lipinski definition) is 7. The van der Waals surface area contributed by atoms with Crippen molar-refractivity contribution in [2.75, 3.05) is 4.90 Å². The van der Waals surface area contributed by atoms with Gasteiger partial charge >= 0.3 is 5.91 Å². The topological polar surface area (TPSA) is 92.6 Å². The average Bonchev–Trinajstić information content (AvgIpc) is 3.43. The number of nitrogens with zero attached hydrogens (tertiary/aromatic N) is 3. The number of amides is 1. The molecule has 1 atom stereocenters. The van der Waals surface area contributed by atoms with E-state index in [1.165, 1.54) is 16.2 Å². The number of benzene rings is 3. The Hall–Kier alpha value is -3.57. The highest BCUT2D eigenvalue weighted by Gasteiger charge is 2.48. The molecule has 1 fully saturated rings. The van der Waals surface area contributed by atoms with Gasteiger partial charge in [-0.1, -0.05) is 53.3 Å². The van der Waals surface area contributed by atoms with Crippen LogP contribution in [-0.2, 0) is 16.2 Å². The largest absolute Gasteiger partial charge is 0.507 e. The summed E-state index contributed by atoms with van der Waals surface area (Å²) in [5, 5.41) is 20.4. The molecule has 1 aliphatic rings. The number of ketones is 1. The summed E-state index contributed by atoms with van der Waals surface area (Å²) in [6.07, 6.45) is 0. The first-order valence-corrected chi connectivity index (χ1v) is 13.4. The second-order valence-electron chi connectivity index (χ2n) is 8.63. The molecule has 7 nitrogen and oxygen atoms in total. The molecule has 1 saturated heterocycles. The smallest absolute Gasteiger partial charge is 0.301 e. The Morgan fingerprint density at radius 2 is 1.76 bits per heavy atom. The van der Waals surface area contributed by atoms with Crippen molar-refractivity contribution in [1.82, 2.24) is 10.2 Å². The quantitative estimate of drug-likeness (QED) is 0.123. The molecule has 1 unspecified atom stereocenters. The molecule has 0 bridgehead atoms. The van der Waals surface area contributed by atoms with Crippen molar-refractivity contribution >= 4 is 56.5 Å². The van der Waals surface area contributed by atoms with Crippen LogP contribution in [0.1, 0.15) is 33.3 Å². The van der Waals surface area contributed by atoms with Gasteiger partial charge in [-0.2, -0.15) is 0 Å². The summed E-state index contributed by atoms with van der Waals surface area (Å²) in [4.78, 5) is 27.7. The Bertz CT molecular complexity index is 1510. The lowest BCUT2D eigenvalue weighted by Crippen LogP contribution is -2.29. The molecule has 0 spiro atoms. The maximum atomic E-state index is 13.2. The fourth-order valence-electron chi connectivity index (χ4n) is 4.21. The number of aryl methyl sites for hydroxylation is 2. The Kier molecular flexibility index (Phi) is 7.07. The second-order valence-corrected chi connectivity index (χ2v) is 11.0. The zero-order chi connectivity index (χ0) is 26.1. The molecule has 4 aromatic rings. The minimum absolute atomic E-state index is 0.00694. The molecule has 1 aliphatic heterocycles. The third-order valence-electron chi connectivity index (χ3n) is 5.97. The Balaban J connectivity index is 1.50. The number of ether oxygens (including phenoxy) is 1. The normalized spacial score (nSPS) is 16.8. The fraction of sp³-hybridized carbons (Fsp3) is 0.143. The first-order valence-electron chi connectivity index (χ1n) is 11.5. The van der Waals surface area contributed by atoms with Crippen molar-refractivity contribution in [3.8, 4) is 5.75 Å². The zero-order valence-electron chi connectivity index (χ0n) is 20.0. The van der Waals surface area contributed by atoms with Crippen LogP contribution in [0.4, 0.5) is 5.13 Å². The van der Waals surface area contributed by atoms with Gasteiger partial charge in [-0.15, -0.1) is 10.2 Å². The van der Waals surface area contributed by atoms with Crippen LogP contribution < -0.4 is 9.64 Å². The highest BCUT2D eigenvalue weighted by Crippen LogP contribution is 2.43. The molecule has 1 amide bonds. The van der Waals surface area contributed by atoms with E-state index in [9.17, 15) is 14.7 Å². The van der Waals surface area contributed by atoms with E-state index in [4.69, 9.17) is 4.74 Å². The minimum Gasteiger partial charge on any atom is -0.507 e. The second kappa shape index (κ2) is 10.4. The molecule has 9 heteroatoms. The van der Waals surface area contributed by atoms with Crippen molar-refractivity contribution in [2.24, 2.45) is 0 Å². The summed E-state index contributed by atoms with van der Waals surface area (Å²) in [5.74, 6) is -1.15. The number of aliphatic hydroxyl groups is 1. The van der Waals surface area contributed by atoms with E-state index in [2.05, 4.69) is 38.9 Å². The van der Waals surface area contributed by atoms with Crippen molar-refractivity contribution in [2.45, 2.75) is 26.5 Å². The summed E-state index contributed by atoms with van der Waals surface area (Å²) >= 11 is 3.41.